The Bertz CT molecular complexity index is 777. The van der Waals surface area contributed by atoms with Gasteiger partial charge in [-0.1, -0.05) is 36.4 Å². The van der Waals surface area contributed by atoms with Crippen LogP contribution in [0.4, 0.5) is 0 Å². The van der Waals surface area contributed by atoms with Crippen LogP contribution in [0.3, 0.4) is 0 Å². The van der Waals surface area contributed by atoms with Crippen LogP contribution in [-0.4, -0.2) is 31.7 Å². The average molecular weight is 354 g/mol. The quantitative estimate of drug-likeness (QED) is 0.748. The number of benzene rings is 2. The molecule has 0 bridgehead atoms. The third-order valence-corrected chi connectivity index (χ3v) is 4.21. The lowest BCUT2D eigenvalue weighted by Gasteiger charge is -2.18. The summed E-state index contributed by atoms with van der Waals surface area (Å²) in [5.74, 6) is 1.16. The van der Waals surface area contributed by atoms with Gasteiger partial charge in [0.25, 0.3) is 0 Å². The van der Waals surface area contributed by atoms with Gasteiger partial charge in [0.1, 0.15) is 0 Å². The third-order valence-electron chi connectivity index (χ3n) is 4.21. The number of carbonyl (C=O) groups excluding carboxylic acids is 2. The molecule has 0 fully saturated rings. The summed E-state index contributed by atoms with van der Waals surface area (Å²) in [6.07, 6.45) is 0.309. The van der Waals surface area contributed by atoms with E-state index in [4.69, 9.17) is 9.47 Å². The van der Waals surface area contributed by atoms with E-state index in [0.29, 0.717) is 25.3 Å². The maximum absolute atomic E-state index is 12.4. The second-order valence-electron chi connectivity index (χ2n) is 6.11. The van der Waals surface area contributed by atoms with Crippen LogP contribution in [0.2, 0.25) is 0 Å². The topological polar surface area (TPSA) is 76.7 Å². The Morgan fingerprint density at radius 3 is 2.46 bits per heavy atom. The zero-order valence-corrected chi connectivity index (χ0v) is 14.7. The molecule has 2 aromatic carbocycles. The molecular weight excluding hydrogens is 332 g/mol. The maximum Gasteiger partial charge on any atom is 0.231 e. The first-order valence-electron chi connectivity index (χ1n) is 8.59. The summed E-state index contributed by atoms with van der Waals surface area (Å²) in [6.45, 7) is 2.49. The van der Waals surface area contributed by atoms with Gasteiger partial charge in [-0.05, 0) is 23.3 Å². The standard InChI is InChI=1S/C20H22N2O4/c1-14(23)21-9-10-22-20(24)12-17(15-5-3-2-4-6-15)16-7-8-18-19(11-16)26-13-25-18/h2-8,11,17H,9-10,12-13H2,1H3,(H,21,23)(H,22,24). The van der Waals surface area contributed by atoms with Gasteiger partial charge in [-0.2, -0.15) is 0 Å². The lowest BCUT2D eigenvalue weighted by atomic mass is 9.88. The van der Waals surface area contributed by atoms with Gasteiger partial charge < -0.3 is 20.1 Å². The summed E-state index contributed by atoms with van der Waals surface area (Å²) in [5, 5.41) is 5.51. The molecule has 0 aliphatic carbocycles. The summed E-state index contributed by atoms with van der Waals surface area (Å²) in [4.78, 5) is 23.3. The molecule has 0 radical (unpaired) electrons. The van der Waals surface area contributed by atoms with Gasteiger partial charge in [-0.15, -0.1) is 0 Å². The SMILES string of the molecule is CC(=O)NCCNC(=O)CC(c1ccccc1)c1ccc2c(c1)OCO2. The molecule has 136 valence electrons. The van der Waals surface area contributed by atoms with E-state index in [9.17, 15) is 9.59 Å². The van der Waals surface area contributed by atoms with E-state index in [0.717, 1.165) is 16.9 Å². The van der Waals surface area contributed by atoms with Gasteiger partial charge in [0.05, 0.1) is 0 Å². The van der Waals surface area contributed by atoms with Gasteiger partial charge in [-0.3, -0.25) is 9.59 Å². The predicted octanol–water partition coefficient (Wildman–Crippen LogP) is 2.19. The number of hydrogen-bond donors (Lipinski definition) is 2. The van der Waals surface area contributed by atoms with Crippen molar-refractivity contribution in [3.8, 4) is 11.5 Å². The number of carbonyl (C=O) groups is 2. The molecule has 0 saturated carbocycles. The van der Waals surface area contributed by atoms with E-state index < -0.39 is 0 Å². The van der Waals surface area contributed by atoms with Gasteiger partial charge in [0, 0.05) is 32.4 Å². The fourth-order valence-corrected chi connectivity index (χ4v) is 2.94. The van der Waals surface area contributed by atoms with E-state index >= 15 is 0 Å². The van der Waals surface area contributed by atoms with E-state index in [2.05, 4.69) is 10.6 Å². The lowest BCUT2D eigenvalue weighted by molar-refractivity contribution is -0.122. The summed E-state index contributed by atoms with van der Waals surface area (Å²) in [5.41, 5.74) is 2.06. The van der Waals surface area contributed by atoms with Gasteiger partial charge in [0.15, 0.2) is 11.5 Å². The van der Waals surface area contributed by atoms with Crippen molar-refractivity contribution in [2.45, 2.75) is 19.3 Å². The molecule has 26 heavy (non-hydrogen) atoms. The zero-order chi connectivity index (χ0) is 18.4. The van der Waals surface area contributed by atoms with Crippen LogP contribution in [0, 0.1) is 0 Å². The first-order chi connectivity index (χ1) is 12.6. The molecule has 0 aromatic heterocycles. The summed E-state index contributed by atoms with van der Waals surface area (Å²) in [7, 11) is 0. The Kier molecular flexibility index (Phi) is 5.73. The van der Waals surface area contributed by atoms with E-state index in [1.54, 1.807) is 0 Å². The van der Waals surface area contributed by atoms with Crippen LogP contribution < -0.4 is 20.1 Å². The Morgan fingerprint density at radius 1 is 0.962 bits per heavy atom. The van der Waals surface area contributed by atoms with Crippen molar-refractivity contribution in [1.82, 2.24) is 10.6 Å². The van der Waals surface area contributed by atoms with Gasteiger partial charge in [-0.25, -0.2) is 0 Å². The molecule has 1 aliphatic rings. The normalized spacial score (nSPS) is 13.1. The zero-order valence-electron chi connectivity index (χ0n) is 14.7. The predicted molar refractivity (Wildman–Crippen MR) is 97.2 cm³/mol. The first-order valence-corrected chi connectivity index (χ1v) is 8.59. The van der Waals surface area contributed by atoms with Crippen LogP contribution in [-0.2, 0) is 9.59 Å². The molecule has 2 aromatic rings. The van der Waals surface area contributed by atoms with E-state index in [-0.39, 0.29) is 24.5 Å². The van der Waals surface area contributed by atoms with Crippen LogP contribution in [0.15, 0.2) is 48.5 Å². The highest BCUT2D eigenvalue weighted by Gasteiger charge is 2.21. The fraction of sp³-hybridized carbons (Fsp3) is 0.300. The van der Waals surface area contributed by atoms with Crippen LogP contribution in [0.25, 0.3) is 0 Å². The minimum Gasteiger partial charge on any atom is -0.454 e. The second kappa shape index (κ2) is 8.38. The fourth-order valence-electron chi connectivity index (χ4n) is 2.94. The molecule has 0 spiro atoms. The Hall–Kier alpha value is -3.02. The molecule has 3 rings (SSSR count). The third kappa shape index (κ3) is 4.53. The molecule has 1 atom stereocenters. The highest BCUT2D eigenvalue weighted by Crippen LogP contribution is 2.37. The summed E-state index contributed by atoms with van der Waals surface area (Å²) >= 11 is 0. The summed E-state index contributed by atoms with van der Waals surface area (Å²) in [6, 6.07) is 15.7. The monoisotopic (exact) mass is 354 g/mol. The number of ether oxygens (including phenoxy) is 2. The van der Waals surface area contributed by atoms with Crippen molar-refractivity contribution >= 4 is 11.8 Å². The van der Waals surface area contributed by atoms with Gasteiger partial charge >= 0.3 is 0 Å². The molecule has 2 amide bonds. The molecule has 2 N–H and O–H groups in total. The molecule has 1 unspecified atom stereocenters. The molecule has 1 aliphatic heterocycles. The van der Waals surface area contributed by atoms with Crippen molar-refractivity contribution in [1.29, 1.82) is 0 Å². The molecular formula is C20H22N2O4. The van der Waals surface area contributed by atoms with Crippen LogP contribution in [0.1, 0.15) is 30.4 Å². The van der Waals surface area contributed by atoms with Crippen LogP contribution in [0.5, 0.6) is 11.5 Å². The van der Waals surface area contributed by atoms with Crippen molar-refractivity contribution in [3.05, 3.63) is 59.7 Å². The Balaban J connectivity index is 1.72. The number of hydrogen-bond acceptors (Lipinski definition) is 4. The Morgan fingerprint density at radius 2 is 1.69 bits per heavy atom. The highest BCUT2D eigenvalue weighted by molar-refractivity contribution is 5.78. The van der Waals surface area contributed by atoms with Crippen molar-refractivity contribution in [3.63, 3.8) is 0 Å². The van der Waals surface area contributed by atoms with Crippen molar-refractivity contribution in [2.75, 3.05) is 19.9 Å². The highest BCUT2D eigenvalue weighted by atomic mass is 16.7. The lowest BCUT2D eigenvalue weighted by Crippen LogP contribution is -2.34. The molecule has 1 heterocycles. The minimum atomic E-state index is -0.109. The number of amides is 2. The first kappa shape index (κ1) is 17.8. The largest absolute Gasteiger partial charge is 0.454 e. The maximum atomic E-state index is 12.4. The summed E-state index contributed by atoms with van der Waals surface area (Å²) < 4.78 is 10.8. The smallest absolute Gasteiger partial charge is 0.231 e. The number of fused-ring (bicyclic) bond motifs is 1. The van der Waals surface area contributed by atoms with E-state index in [1.807, 2.05) is 48.5 Å². The van der Waals surface area contributed by atoms with Crippen molar-refractivity contribution in [2.24, 2.45) is 0 Å². The van der Waals surface area contributed by atoms with Gasteiger partial charge in [0.2, 0.25) is 18.6 Å². The molecule has 6 heteroatoms. The average Bonchev–Trinajstić information content (AvgIpc) is 3.11. The van der Waals surface area contributed by atoms with E-state index in [1.165, 1.54) is 6.92 Å². The minimum absolute atomic E-state index is 0.0677. The van der Waals surface area contributed by atoms with Crippen LogP contribution >= 0.6 is 0 Å². The molecule has 0 saturated heterocycles. The number of rotatable bonds is 7. The second-order valence-corrected chi connectivity index (χ2v) is 6.11. The Labute approximate surface area is 152 Å². The van der Waals surface area contributed by atoms with Crippen molar-refractivity contribution < 1.29 is 19.1 Å². The molecule has 6 nitrogen and oxygen atoms in total. The number of nitrogens with one attached hydrogen (secondary N) is 2.